The van der Waals surface area contributed by atoms with Gasteiger partial charge in [-0.15, -0.1) is 0 Å². The Morgan fingerprint density at radius 3 is 2.37 bits per heavy atom. The van der Waals surface area contributed by atoms with Gasteiger partial charge in [0, 0.05) is 43.9 Å². The van der Waals surface area contributed by atoms with Gasteiger partial charge in [0.05, 0.1) is 13.2 Å². The van der Waals surface area contributed by atoms with E-state index in [1.807, 2.05) is 17.0 Å². The lowest BCUT2D eigenvalue weighted by Gasteiger charge is -2.32. The Balaban J connectivity index is 1.46. The van der Waals surface area contributed by atoms with Gasteiger partial charge in [-0.25, -0.2) is 0 Å². The summed E-state index contributed by atoms with van der Waals surface area (Å²) in [7, 11) is 0. The van der Waals surface area contributed by atoms with Crippen LogP contribution < -0.4 is 4.90 Å². The van der Waals surface area contributed by atoms with Crippen LogP contribution >= 0.6 is 0 Å². The number of ether oxygens (including phenoxy) is 1. The third-order valence-electron chi connectivity index (χ3n) is 5.62. The highest BCUT2D eigenvalue weighted by Crippen LogP contribution is 2.25. The Morgan fingerprint density at radius 2 is 1.70 bits per heavy atom. The van der Waals surface area contributed by atoms with E-state index < -0.39 is 0 Å². The first kappa shape index (κ1) is 18.0. The average Bonchev–Trinajstić information content (AvgIpc) is 3.37. The Morgan fingerprint density at radius 1 is 0.963 bits per heavy atom. The van der Waals surface area contributed by atoms with E-state index in [-0.39, 0.29) is 23.8 Å². The van der Waals surface area contributed by atoms with Gasteiger partial charge in [0.25, 0.3) is 5.91 Å². The van der Waals surface area contributed by atoms with Crippen molar-refractivity contribution in [1.82, 2.24) is 9.80 Å². The molecule has 1 atom stereocenters. The number of hydrogen-bond acceptors (Lipinski definition) is 4. The number of nitrogens with zero attached hydrogens (tertiary/aromatic N) is 3. The molecule has 3 aliphatic rings. The van der Waals surface area contributed by atoms with E-state index in [1.165, 1.54) is 0 Å². The number of carbonyl (C=O) groups excluding carboxylic acids is 3. The van der Waals surface area contributed by atoms with Crippen LogP contribution in [-0.4, -0.2) is 73.0 Å². The lowest BCUT2D eigenvalue weighted by atomic mass is 10.1. The second-order valence-electron chi connectivity index (χ2n) is 7.29. The van der Waals surface area contributed by atoms with Gasteiger partial charge in [0.15, 0.2) is 0 Å². The summed E-state index contributed by atoms with van der Waals surface area (Å²) in [5, 5.41) is 0. The molecule has 0 bridgehead atoms. The normalized spacial score (nSPS) is 23.2. The fourth-order valence-electron chi connectivity index (χ4n) is 4.13. The van der Waals surface area contributed by atoms with E-state index >= 15 is 0 Å². The van der Waals surface area contributed by atoms with Crippen LogP contribution in [0.4, 0.5) is 5.69 Å². The van der Waals surface area contributed by atoms with Crippen LogP contribution in [0, 0.1) is 0 Å². The topological polar surface area (TPSA) is 70.2 Å². The van der Waals surface area contributed by atoms with Crippen molar-refractivity contribution >= 4 is 23.4 Å². The van der Waals surface area contributed by atoms with Crippen molar-refractivity contribution in [2.75, 3.05) is 44.3 Å². The minimum absolute atomic E-state index is 0.0310. The molecule has 144 valence electrons. The smallest absolute Gasteiger partial charge is 0.254 e. The molecule has 7 heteroatoms. The van der Waals surface area contributed by atoms with E-state index in [4.69, 9.17) is 4.74 Å². The third-order valence-corrected chi connectivity index (χ3v) is 5.62. The molecule has 3 heterocycles. The van der Waals surface area contributed by atoms with Crippen LogP contribution in [0.5, 0.6) is 0 Å². The van der Waals surface area contributed by atoms with Gasteiger partial charge in [-0.1, -0.05) is 0 Å². The maximum atomic E-state index is 13.0. The standard InChI is InChI=1S/C20H25N3O4/c24-18-4-2-9-22(18)16-7-5-15(6-8-16)19(25)23-10-1-3-17(23)20(26)21-11-13-27-14-12-21/h5-8,17H,1-4,9-14H2/t17-/m0/s1. The summed E-state index contributed by atoms with van der Waals surface area (Å²) in [5.74, 6) is 0.0478. The van der Waals surface area contributed by atoms with Crippen molar-refractivity contribution in [3.63, 3.8) is 0 Å². The van der Waals surface area contributed by atoms with Crippen molar-refractivity contribution in [2.24, 2.45) is 0 Å². The molecule has 0 spiro atoms. The van der Waals surface area contributed by atoms with Crippen molar-refractivity contribution in [2.45, 2.75) is 31.7 Å². The van der Waals surface area contributed by atoms with Crippen LogP contribution in [0.15, 0.2) is 24.3 Å². The second-order valence-corrected chi connectivity index (χ2v) is 7.29. The number of rotatable bonds is 3. The lowest BCUT2D eigenvalue weighted by Crippen LogP contribution is -2.51. The fraction of sp³-hybridized carbons (Fsp3) is 0.550. The predicted molar refractivity (Wildman–Crippen MR) is 99.5 cm³/mol. The molecule has 3 saturated heterocycles. The van der Waals surface area contributed by atoms with E-state index in [0.29, 0.717) is 51.3 Å². The highest BCUT2D eigenvalue weighted by Gasteiger charge is 2.37. The first-order valence-corrected chi connectivity index (χ1v) is 9.73. The second kappa shape index (κ2) is 7.68. The third kappa shape index (κ3) is 3.56. The number of hydrogen-bond donors (Lipinski definition) is 0. The van der Waals surface area contributed by atoms with Gasteiger partial charge < -0.3 is 19.4 Å². The molecular formula is C20H25N3O4. The Kier molecular flexibility index (Phi) is 5.11. The van der Waals surface area contributed by atoms with Crippen LogP contribution in [0.3, 0.4) is 0 Å². The molecule has 0 aromatic heterocycles. The molecule has 3 aliphatic heterocycles. The summed E-state index contributed by atoms with van der Waals surface area (Å²) in [5.41, 5.74) is 1.39. The molecule has 1 aromatic rings. The van der Waals surface area contributed by atoms with E-state index in [1.54, 1.807) is 21.9 Å². The molecule has 0 saturated carbocycles. The Bertz CT molecular complexity index is 727. The molecule has 0 unspecified atom stereocenters. The monoisotopic (exact) mass is 371 g/mol. The zero-order chi connectivity index (χ0) is 18.8. The molecule has 1 aromatic carbocycles. The number of morpholine rings is 1. The summed E-state index contributed by atoms with van der Waals surface area (Å²) < 4.78 is 5.31. The maximum Gasteiger partial charge on any atom is 0.254 e. The molecule has 3 amide bonds. The molecular weight excluding hydrogens is 346 g/mol. The highest BCUT2D eigenvalue weighted by molar-refractivity contribution is 5.99. The summed E-state index contributed by atoms with van der Waals surface area (Å²) in [6.07, 6.45) is 3.01. The summed E-state index contributed by atoms with van der Waals surface area (Å²) in [6, 6.07) is 6.79. The lowest BCUT2D eigenvalue weighted by molar-refractivity contribution is -0.139. The molecule has 0 aliphatic carbocycles. The summed E-state index contributed by atoms with van der Waals surface area (Å²) in [4.78, 5) is 43.0. The van der Waals surface area contributed by atoms with E-state index in [9.17, 15) is 14.4 Å². The Hall–Kier alpha value is -2.41. The molecule has 0 N–H and O–H groups in total. The number of anilines is 1. The fourth-order valence-corrected chi connectivity index (χ4v) is 4.13. The average molecular weight is 371 g/mol. The summed E-state index contributed by atoms with van der Waals surface area (Å²) in [6.45, 7) is 3.64. The zero-order valence-corrected chi connectivity index (χ0v) is 15.4. The van der Waals surface area contributed by atoms with Crippen LogP contribution in [0.1, 0.15) is 36.0 Å². The molecule has 7 nitrogen and oxygen atoms in total. The van der Waals surface area contributed by atoms with E-state index in [0.717, 1.165) is 25.1 Å². The van der Waals surface area contributed by atoms with Crippen LogP contribution in [0.25, 0.3) is 0 Å². The van der Waals surface area contributed by atoms with Gasteiger partial charge >= 0.3 is 0 Å². The van der Waals surface area contributed by atoms with Crippen LogP contribution in [-0.2, 0) is 14.3 Å². The Labute approximate surface area is 158 Å². The van der Waals surface area contributed by atoms with Crippen molar-refractivity contribution in [3.8, 4) is 0 Å². The molecule has 3 fully saturated rings. The summed E-state index contributed by atoms with van der Waals surface area (Å²) >= 11 is 0. The predicted octanol–water partition coefficient (Wildman–Crippen LogP) is 1.28. The first-order chi connectivity index (χ1) is 13.1. The van der Waals surface area contributed by atoms with Gasteiger partial charge in [-0.05, 0) is 43.5 Å². The minimum atomic E-state index is -0.379. The van der Waals surface area contributed by atoms with Crippen molar-refractivity contribution in [3.05, 3.63) is 29.8 Å². The number of benzene rings is 1. The number of carbonyl (C=O) groups is 3. The SMILES string of the molecule is O=C([C@@H]1CCCN1C(=O)c1ccc(N2CCCC2=O)cc1)N1CCOCC1. The minimum Gasteiger partial charge on any atom is -0.378 e. The quantitative estimate of drug-likeness (QED) is 0.803. The zero-order valence-electron chi connectivity index (χ0n) is 15.4. The maximum absolute atomic E-state index is 13.0. The number of amides is 3. The largest absolute Gasteiger partial charge is 0.378 e. The van der Waals surface area contributed by atoms with E-state index in [2.05, 4.69) is 0 Å². The van der Waals surface area contributed by atoms with Gasteiger partial charge in [0.1, 0.15) is 6.04 Å². The van der Waals surface area contributed by atoms with Gasteiger partial charge in [-0.3, -0.25) is 14.4 Å². The van der Waals surface area contributed by atoms with Crippen molar-refractivity contribution in [1.29, 1.82) is 0 Å². The molecule has 0 radical (unpaired) electrons. The van der Waals surface area contributed by atoms with Gasteiger partial charge in [0.2, 0.25) is 11.8 Å². The first-order valence-electron chi connectivity index (χ1n) is 9.73. The van der Waals surface area contributed by atoms with Crippen molar-refractivity contribution < 1.29 is 19.1 Å². The number of likely N-dealkylation sites (tertiary alicyclic amines) is 1. The highest BCUT2D eigenvalue weighted by atomic mass is 16.5. The molecule has 4 rings (SSSR count). The van der Waals surface area contributed by atoms with Gasteiger partial charge in [-0.2, -0.15) is 0 Å². The van der Waals surface area contributed by atoms with Crippen LogP contribution in [0.2, 0.25) is 0 Å². The molecule has 27 heavy (non-hydrogen) atoms.